The highest BCUT2D eigenvalue weighted by atomic mass is 14.6. The number of rotatable bonds is 0. The lowest BCUT2D eigenvalue weighted by Crippen LogP contribution is -1.83. The van der Waals surface area contributed by atoms with Crippen LogP contribution in [0.15, 0.2) is 54.9 Å². The minimum Gasteiger partial charge on any atom is -0.264 e. The van der Waals surface area contributed by atoms with Crippen molar-refractivity contribution in [3.05, 3.63) is 66.0 Å². The van der Waals surface area contributed by atoms with Gasteiger partial charge in [0.05, 0.1) is 0 Å². The second kappa shape index (κ2) is 3.17. The molecule has 0 spiro atoms. The van der Waals surface area contributed by atoms with E-state index in [4.69, 9.17) is 0 Å². The second-order valence-corrected chi connectivity index (χ2v) is 4.53. The molecule has 0 atom stereocenters. The fraction of sp³-hybridized carbons (Fsp3) is 0.0625. The minimum absolute atomic E-state index is 1.05. The topological polar surface area (TPSA) is 12.9 Å². The van der Waals surface area contributed by atoms with Gasteiger partial charge in [-0.05, 0) is 40.1 Å². The van der Waals surface area contributed by atoms with Gasteiger partial charge < -0.3 is 0 Å². The van der Waals surface area contributed by atoms with Gasteiger partial charge in [0.15, 0.2) is 0 Å². The molecule has 1 heteroatoms. The first kappa shape index (κ1) is 8.94. The van der Waals surface area contributed by atoms with Crippen LogP contribution in [0.25, 0.3) is 21.9 Å². The Morgan fingerprint density at radius 2 is 1.82 bits per heavy atom. The van der Waals surface area contributed by atoms with Gasteiger partial charge >= 0.3 is 0 Å². The number of nitrogens with zero attached hydrogens (tertiary/aromatic N) is 1. The molecule has 0 N–H and O–H groups in total. The van der Waals surface area contributed by atoms with Crippen LogP contribution in [-0.4, -0.2) is 4.98 Å². The third-order valence-electron chi connectivity index (χ3n) is 3.58. The molecule has 0 amide bonds. The van der Waals surface area contributed by atoms with Crippen LogP contribution in [0.1, 0.15) is 11.1 Å². The molecule has 0 saturated carbocycles. The Morgan fingerprint density at radius 1 is 0.882 bits per heavy atom. The molecule has 0 saturated heterocycles. The van der Waals surface area contributed by atoms with E-state index in [0.29, 0.717) is 0 Å². The van der Waals surface area contributed by atoms with Gasteiger partial charge in [0.1, 0.15) is 0 Å². The van der Waals surface area contributed by atoms with Crippen LogP contribution >= 0.6 is 0 Å². The lowest BCUT2D eigenvalue weighted by molar-refractivity contribution is 1.26. The van der Waals surface area contributed by atoms with Crippen molar-refractivity contribution in [1.29, 1.82) is 0 Å². The van der Waals surface area contributed by atoms with Crippen molar-refractivity contribution in [3.63, 3.8) is 0 Å². The van der Waals surface area contributed by atoms with Crippen LogP contribution in [0.4, 0.5) is 0 Å². The summed E-state index contributed by atoms with van der Waals surface area (Å²) in [6, 6.07) is 15.2. The minimum atomic E-state index is 1.05. The first-order valence-corrected chi connectivity index (χ1v) is 5.87. The molecule has 1 aliphatic carbocycles. The summed E-state index contributed by atoms with van der Waals surface area (Å²) in [5.41, 5.74) is 5.61. The number of hydrogen-bond acceptors (Lipinski definition) is 1. The van der Waals surface area contributed by atoms with Gasteiger partial charge in [0, 0.05) is 17.8 Å². The molecule has 80 valence electrons. The molecule has 1 aromatic heterocycles. The summed E-state index contributed by atoms with van der Waals surface area (Å²) in [5.74, 6) is 0. The summed E-state index contributed by atoms with van der Waals surface area (Å²) in [6.07, 6.45) is 4.89. The largest absolute Gasteiger partial charge is 0.264 e. The molecule has 0 bridgehead atoms. The monoisotopic (exact) mass is 217 g/mol. The van der Waals surface area contributed by atoms with Gasteiger partial charge in [-0.2, -0.15) is 0 Å². The van der Waals surface area contributed by atoms with E-state index >= 15 is 0 Å². The van der Waals surface area contributed by atoms with E-state index in [-0.39, 0.29) is 0 Å². The standard InChI is InChI=1S/C16H11N/c1-2-4-14-12(3-1)9-13-6-5-11-7-8-17-10-15(11)16(13)14/h1-8,10H,9H2. The summed E-state index contributed by atoms with van der Waals surface area (Å²) in [7, 11) is 0. The summed E-state index contributed by atoms with van der Waals surface area (Å²) in [5, 5.41) is 2.55. The molecule has 0 radical (unpaired) electrons. The van der Waals surface area contributed by atoms with Gasteiger partial charge in [-0.25, -0.2) is 0 Å². The number of pyridine rings is 1. The first-order chi connectivity index (χ1) is 8.43. The Labute approximate surface area is 99.7 Å². The molecule has 1 nitrogen and oxygen atoms in total. The maximum absolute atomic E-state index is 4.26. The van der Waals surface area contributed by atoms with Crippen LogP contribution in [0.3, 0.4) is 0 Å². The van der Waals surface area contributed by atoms with Crippen molar-refractivity contribution in [2.75, 3.05) is 0 Å². The van der Waals surface area contributed by atoms with Crippen LogP contribution in [-0.2, 0) is 6.42 Å². The molecule has 1 aliphatic rings. The van der Waals surface area contributed by atoms with Gasteiger partial charge in [-0.15, -0.1) is 0 Å². The Balaban J connectivity index is 2.17. The van der Waals surface area contributed by atoms with Gasteiger partial charge in [-0.1, -0.05) is 36.4 Å². The molecule has 4 rings (SSSR count). The highest BCUT2D eigenvalue weighted by Crippen LogP contribution is 2.40. The van der Waals surface area contributed by atoms with Gasteiger partial charge in [0.25, 0.3) is 0 Å². The van der Waals surface area contributed by atoms with Crippen molar-refractivity contribution < 1.29 is 0 Å². The number of aromatic nitrogens is 1. The average molecular weight is 217 g/mol. The van der Waals surface area contributed by atoms with E-state index in [1.165, 1.54) is 33.0 Å². The molecular weight excluding hydrogens is 206 g/mol. The zero-order chi connectivity index (χ0) is 11.2. The van der Waals surface area contributed by atoms with Crippen LogP contribution in [0.2, 0.25) is 0 Å². The summed E-state index contributed by atoms with van der Waals surface area (Å²) in [4.78, 5) is 4.26. The van der Waals surface area contributed by atoms with Crippen molar-refractivity contribution in [2.24, 2.45) is 0 Å². The number of fused-ring (bicyclic) bond motifs is 5. The molecule has 1 heterocycles. The Hall–Kier alpha value is -2.15. The van der Waals surface area contributed by atoms with E-state index in [1.807, 2.05) is 12.4 Å². The predicted molar refractivity (Wildman–Crippen MR) is 70.0 cm³/mol. The zero-order valence-electron chi connectivity index (χ0n) is 9.35. The first-order valence-electron chi connectivity index (χ1n) is 5.87. The summed E-state index contributed by atoms with van der Waals surface area (Å²) < 4.78 is 0. The lowest BCUT2D eigenvalue weighted by atomic mass is 10.00. The fourth-order valence-electron chi connectivity index (χ4n) is 2.80. The van der Waals surface area contributed by atoms with Crippen molar-refractivity contribution in [3.8, 4) is 11.1 Å². The van der Waals surface area contributed by atoms with E-state index in [2.05, 4.69) is 47.4 Å². The lowest BCUT2D eigenvalue weighted by Gasteiger charge is -2.05. The number of hydrogen-bond donors (Lipinski definition) is 0. The normalized spacial score (nSPS) is 12.5. The second-order valence-electron chi connectivity index (χ2n) is 4.53. The molecular formula is C16H11N. The highest BCUT2D eigenvalue weighted by Gasteiger charge is 2.19. The van der Waals surface area contributed by atoms with E-state index < -0.39 is 0 Å². The summed E-state index contributed by atoms with van der Waals surface area (Å²) >= 11 is 0. The van der Waals surface area contributed by atoms with E-state index in [0.717, 1.165) is 6.42 Å². The SMILES string of the molecule is c1ccc2c(c1)Cc1ccc3ccncc3c1-2. The van der Waals surface area contributed by atoms with Crippen molar-refractivity contribution in [1.82, 2.24) is 4.98 Å². The third-order valence-corrected chi connectivity index (χ3v) is 3.58. The van der Waals surface area contributed by atoms with E-state index in [9.17, 15) is 0 Å². The van der Waals surface area contributed by atoms with Gasteiger partial charge in [0.2, 0.25) is 0 Å². The van der Waals surface area contributed by atoms with Crippen LogP contribution in [0.5, 0.6) is 0 Å². The summed E-state index contributed by atoms with van der Waals surface area (Å²) in [6.45, 7) is 0. The highest BCUT2D eigenvalue weighted by molar-refractivity contribution is 6.00. The average Bonchev–Trinajstić information content (AvgIpc) is 2.77. The Morgan fingerprint density at radius 3 is 2.82 bits per heavy atom. The fourth-order valence-corrected chi connectivity index (χ4v) is 2.80. The Bertz CT molecular complexity index is 728. The quantitative estimate of drug-likeness (QED) is 0.436. The molecule has 0 aliphatic heterocycles. The van der Waals surface area contributed by atoms with Crippen molar-refractivity contribution in [2.45, 2.75) is 6.42 Å². The van der Waals surface area contributed by atoms with Gasteiger partial charge in [-0.3, -0.25) is 4.98 Å². The molecule has 0 fully saturated rings. The van der Waals surface area contributed by atoms with Crippen molar-refractivity contribution >= 4 is 10.8 Å². The van der Waals surface area contributed by atoms with E-state index in [1.54, 1.807) is 0 Å². The smallest absolute Gasteiger partial charge is 0.0352 e. The number of benzene rings is 2. The predicted octanol–water partition coefficient (Wildman–Crippen LogP) is 3.81. The molecule has 3 aromatic rings. The molecule has 0 unspecified atom stereocenters. The third kappa shape index (κ3) is 1.17. The maximum atomic E-state index is 4.26. The van der Waals surface area contributed by atoms with Crippen LogP contribution in [0, 0.1) is 0 Å². The Kier molecular flexibility index (Phi) is 1.67. The molecule has 2 aromatic carbocycles. The molecule has 17 heavy (non-hydrogen) atoms. The maximum Gasteiger partial charge on any atom is 0.0352 e. The zero-order valence-corrected chi connectivity index (χ0v) is 9.35. The van der Waals surface area contributed by atoms with Crippen LogP contribution < -0.4 is 0 Å².